The van der Waals surface area contributed by atoms with Crippen molar-refractivity contribution in [1.29, 1.82) is 0 Å². The standard InChI is InChI=1S/C19H24N2O4/c1-23-17-10-13-5-8-21(16-4-7-20-11-14(16)12-22)9-6-15(13)18(24-2)19(17)25-3/h4,7,10-11,22H,5-6,8-9,12H2,1-3H3. The first-order valence-electron chi connectivity index (χ1n) is 8.32. The molecule has 0 radical (unpaired) electrons. The van der Waals surface area contributed by atoms with Crippen LogP contribution >= 0.6 is 0 Å². The molecule has 0 aliphatic carbocycles. The minimum Gasteiger partial charge on any atom is -0.493 e. The lowest BCUT2D eigenvalue weighted by Crippen LogP contribution is -2.27. The molecule has 1 aliphatic heterocycles. The minimum atomic E-state index is -0.0163. The second kappa shape index (κ2) is 7.61. The number of aromatic nitrogens is 1. The van der Waals surface area contributed by atoms with Crippen LogP contribution in [0.1, 0.15) is 16.7 Å². The lowest BCUT2D eigenvalue weighted by molar-refractivity contribution is 0.281. The van der Waals surface area contributed by atoms with E-state index in [2.05, 4.69) is 9.88 Å². The topological polar surface area (TPSA) is 64.0 Å². The number of nitrogens with zero attached hydrogens (tertiary/aromatic N) is 2. The Balaban J connectivity index is 1.97. The van der Waals surface area contributed by atoms with Gasteiger partial charge in [0, 0.05) is 42.3 Å². The molecule has 0 unspecified atom stereocenters. The van der Waals surface area contributed by atoms with Crippen LogP contribution in [0.15, 0.2) is 24.5 Å². The molecule has 0 saturated carbocycles. The molecule has 2 heterocycles. The summed E-state index contributed by atoms with van der Waals surface area (Å²) in [4.78, 5) is 6.39. The van der Waals surface area contributed by atoms with Crippen molar-refractivity contribution in [3.05, 3.63) is 41.2 Å². The number of rotatable bonds is 5. The van der Waals surface area contributed by atoms with Crippen LogP contribution in [0, 0.1) is 0 Å². The Bertz CT molecular complexity index is 748. The molecule has 3 rings (SSSR count). The lowest BCUT2D eigenvalue weighted by Gasteiger charge is -2.24. The fourth-order valence-electron chi connectivity index (χ4n) is 3.47. The molecule has 2 aromatic rings. The number of aliphatic hydroxyl groups excluding tert-OH is 1. The molecule has 134 valence electrons. The average molecular weight is 344 g/mol. The molecular formula is C19H24N2O4. The van der Waals surface area contributed by atoms with E-state index in [4.69, 9.17) is 14.2 Å². The fourth-order valence-corrected chi connectivity index (χ4v) is 3.47. The summed E-state index contributed by atoms with van der Waals surface area (Å²) >= 11 is 0. The molecule has 0 atom stereocenters. The Morgan fingerprint density at radius 1 is 1.08 bits per heavy atom. The van der Waals surface area contributed by atoms with Gasteiger partial charge in [-0.25, -0.2) is 0 Å². The highest BCUT2D eigenvalue weighted by Crippen LogP contribution is 2.43. The molecule has 1 aromatic heterocycles. The molecular weight excluding hydrogens is 320 g/mol. The summed E-state index contributed by atoms with van der Waals surface area (Å²) in [6.07, 6.45) is 5.17. The summed E-state index contributed by atoms with van der Waals surface area (Å²) in [6.45, 7) is 1.66. The molecule has 1 N–H and O–H groups in total. The van der Waals surface area contributed by atoms with E-state index in [1.165, 1.54) is 5.56 Å². The molecule has 0 bridgehead atoms. The molecule has 0 spiro atoms. The highest BCUT2D eigenvalue weighted by Gasteiger charge is 2.24. The summed E-state index contributed by atoms with van der Waals surface area (Å²) < 4.78 is 16.6. The van der Waals surface area contributed by atoms with Gasteiger partial charge in [0.15, 0.2) is 11.5 Å². The van der Waals surface area contributed by atoms with Gasteiger partial charge < -0.3 is 24.2 Å². The molecule has 6 nitrogen and oxygen atoms in total. The van der Waals surface area contributed by atoms with Crippen molar-refractivity contribution in [3.8, 4) is 17.2 Å². The number of benzene rings is 1. The van der Waals surface area contributed by atoms with Crippen molar-refractivity contribution >= 4 is 5.69 Å². The monoisotopic (exact) mass is 344 g/mol. The van der Waals surface area contributed by atoms with E-state index in [1.54, 1.807) is 33.7 Å². The predicted octanol–water partition coefficient (Wildman–Crippen LogP) is 2.20. The van der Waals surface area contributed by atoms with Crippen LogP contribution in [0.25, 0.3) is 0 Å². The smallest absolute Gasteiger partial charge is 0.203 e. The van der Waals surface area contributed by atoms with Crippen molar-refractivity contribution in [1.82, 2.24) is 4.98 Å². The summed E-state index contributed by atoms with van der Waals surface area (Å²) in [7, 11) is 4.92. The second-order valence-corrected chi connectivity index (χ2v) is 5.93. The van der Waals surface area contributed by atoms with E-state index >= 15 is 0 Å². The zero-order chi connectivity index (χ0) is 17.8. The van der Waals surface area contributed by atoms with Crippen molar-refractivity contribution in [2.75, 3.05) is 39.3 Å². The number of fused-ring (bicyclic) bond motifs is 1. The first-order valence-corrected chi connectivity index (χ1v) is 8.32. The van der Waals surface area contributed by atoms with Gasteiger partial charge in [-0.05, 0) is 30.5 Å². The van der Waals surface area contributed by atoms with Crippen LogP contribution in [0.5, 0.6) is 17.2 Å². The van der Waals surface area contributed by atoms with Crippen molar-refractivity contribution in [2.24, 2.45) is 0 Å². The van der Waals surface area contributed by atoms with Gasteiger partial charge in [0.2, 0.25) is 5.75 Å². The first-order chi connectivity index (χ1) is 12.2. The van der Waals surface area contributed by atoms with Gasteiger partial charge in [0.1, 0.15) is 0 Å². The van der Waals surface area contributed by atoms with E-state index in [9.17, 15) is 5.11 Å². The maximum atomic E-state index is 9.59. The highest BCUT2D eigenvalue weighted by atomic mass is 16.5. The Morgan fingerprint density at radius 2 is 1.84 bits per heavy atom. The molecule has 1 aromatic carbocycles. The minimum absolute atomic E-state index is 0.0163. The maximum Gasteiger partial charge on any atom is 0.203 e. The largest absolute Gasteiger partial charge is 0.493 e. The number of aliphatic hydroxyl groups is 1. The summed E-state index contributed by atoms with van der Waals surface area (Å²) in [5, 5.41) is 9.59. The van der Waals surface area contributed by atoms with Gasteiger partial charge >= 0.3 is 0 Å². The Morgan fingerprint density at radius 3 is 2.52 bits per heavy atom. The van der Waals surface area contributed by atoms with Crippen LogP contribution in [0.3, 0.4) is 0 Å². The SMILES string of the molecule is COc1cc2c(c(OC)c1OC)CCN(c1ccncc1CO)CC2. The third-order valence-electron chi connectivity index (χ3n) is 4.70. The van der Waals surface area contributed by atoms with Crippen molar-refractivity contribution in [3.63, 3.8) is 0 Å². The van der Waals surface area contributed by atoms with Crippen LogP contribution in [0.2, 0.25) is 0 Å². The predicted molar refractivity (Wildman–Crippen MR) is 95.9 cm³/mol. The molecule has 0 saturated heterocycles. The number of pyridine rings is 1. The highest BCUT2D eigenvalue weighted by molar-refractivity contribution is 5.61. The number of hydrogen-bond acceptors (Lipinski definition) is 6. The van der Waals surface area contributed by atoms with Gasteiger partial charge in [0.25, 0.3) is 0 Å². The van der Waals surface area contributed by atoms with Gasteiger partial charge in [-0.2, -0.15) is 0 Å². The van der Waals surface area contributed by atoms with E-state index < -0.39 is 0 Å². The van der Waals surface area contributed by atoms with Gasteiger partial charge in [-0.15, -0.1) is 0 Å². The Kier molecular flexibility index (Phi) is 5.28. The first kappa shape index (κ1) is 17.4. The van der Waals surface area contributed by atoms with Crippen LogP contribution in [0.4, 0.5) is 5.69 Å². The van der Waals surface area contributed by atoms with E-state index in [0.717, 1.165) is 48.5 Å². The number of anilines is 1. The Hall–Kier alpha value is -2.47. The summed E-state index contributed by atoms with van der Waals surface area (Å²) in [6, 6.07) is 4.00. The molecule has 0 amide bonds. The molecule has 25 heavy (non-hydrogen) atoms. The van der Waals surface area contributed by atoms with E-state index in [-0.39, 0.29) is 6.61 Å². The number of methoxy groups -OCH3 is 3. The zero-order valence-electron chi connectivity index (χ0n) is 14.9. The second-order valence-electron chi connectivity index (χ2n) is 5.93. The van der Waals surface area contributed by atoms with Crippen molar-refractivity contribution in [2.45, 2.75) is 19.4 Å². The third-order valence-corrected chi connectivity index (χ3v) is 4.70. The number of ether oxygens (including phenoxy) is 3. The van der Waals surface area contributed by atoms with Crippen LogP contribution in [-0.2, 0) is 19.4 Å². The Labute approximate surface area is 148 Å². The molecule has 0 fully saturated rings. The van der Waals surface area contributed by atoms with Crippen LogP contribution < -0.4 is 19.1 Å². The average Bonchev–Trinajstić information content (AvgIpc) is 2.88. The molecule has 1 aliphatic rings. The van der Waals surface area contributed by atoms with Gasteiger partial charge in [-0.1, -0.05) is 0 Å². The molecule has 6 heteroatoms. The number of hydrogen-bond donors (Lipinski definition) is 1. The summed E-state index contributed by atoms with van der Waals surface area (Å²) in [5.74, 6) is 2.07. The quantitative estimate of drug-likeness (QED) is 0.897. The normalized spacial score (nSPS) is 13.8. The summed E-state index contributed by atoms with van der Waals surface area (Å²) in [5.41, 5.74) is 4.23. The van der Waals surface area contributed by atoms with Gasteiger partial charge in [-0.3, -0.25) is 4.98 Å². The third kappa shape index (κ3) is 3.22. The van der Waals surface area contributed by atoms with Crippen LogP contribution in [-0.4, -0.2) is 44.5 Å². The van der Waals surface area contributed by atoms with Crippen molar-refractivity contribution < 1.29 is 19.3 Å². The lowest BCUT2D eigenvalue weighted by atomic mass is 10.0. The maximum absolute atomic E-state index is 9.59. The van der Waals surface area contributed by atoms with E-state index in [0.29, 0.717) is 11.5 Å². The van der Waals surface area contributed by atoms with E-state index in [1.807, 2.05) is 12.1 Å². The van der Waals surface area contributed by atoms with Gasteiger partial charge in [0.05, 0.1) is 27.9 Å². The fraction of sp³-hybridized carbons (Fsp3) is 0.421. The zero-order valence-corrected chi connectivity index (χ0v) is 14.9.